The highest BCUT2D eigenvalue weighted by atomic mass is 32.1. The van der Waals surface area contributed by atoms with Gasteiger partial charge >= 0.3 is 0 Å². The Bertz CT molecular complexity index is 276. The third-order valence-corrected chi connectivity index (χ3v) is 2.09. The number of hydrogen-bond donors (Lipinski definition) is 4. The molecule has 1 aromatic rings. The van der Waals surface area contributed by atoms with Crippen molar-refractivity contribution in [3.05, 3.63) is 17.7 Å². The molecule has 0 heterocycles. The Labute approximate surface area is 82.1 Å². The van der Waals surface area contributed by atoms with Crippen LogP contribution < -0.4 is 0 Å². The quantitative estimate of drug-likeness (QED) is 0.561. The van der Waals surface area contributed by atoms with Gasteiger partial charge in [0.15, 0.2) is 0 Å². The van der Waals surface area contributed by atoms with Gasteiger partial charge in [0, 0.05) is 17.7 Å². The first-order valence-electron chi connectivity index (χ1n) is 4.00. The molecule has 0 aliphatic heterocycles. The number of benzene rings is 1. The van der Waals surface area contributed by atoms with Gasteiger partial charge in [-0.15, -0.1) is 0 Å². The van der Waals surface area contributed by atoms with Gasteiger partial charge in [0.25, 0.3) is 0 Å². The molecule has 0 aromatic heterocycles. The fourth-order valence-electron chi connectivity index (χ4n) is 1.14. The molecule has 3 N–H and O–H groups in total. The number of thiol groups is 1. The van der Waals surface area contributed by atoms with E-state index in [1.165, 1.54) is 12.1 Å². The minimum atomic E-state index is -0.135. The summed E-state index contributed by atoms with van der Waals surface area (Å²) in [6.07, 6.45) is 1.33. The van der Waals surface area contributed by atoms with E-state index in [0.717, 1.165) is 6.42 Å². The molecular weight excluding hydrogens is 188 g/mol. The van der Waals surface area contributed by atoms with Gasteiger partial charge in [-0.05, 0) is 18.6 Å². The van der Waals surface area contributed by atoms with Crippen LogP contribution in [0.1, 0.15) is 12.0 Å². The fraction of sp³-hybridized carbons (Fsp3) is 0.333. The molecule has 1 rings (SSSR count). The lowest BCUT2D eigenvalue weighted by molar-refractivity contribution is 0.418. The van der Waals surface area contributed by atoms with Gasteiger partial charge in [0.1, 0.15) is 17.2 Å². The average Bonchev–Trinajstić information content (AvgIpc) is 2.02. The fourth-order valence-corrected chi connectivity index (χ4v) is 1.30. The predicted molar refractivity (Wildman–Crippen MR) is 53.6 cm³/mol. The number of rotatable bonds is 3. The van der Waals surface area contributed by atoms with Gasteiger partial charge in [0.2, 0.25) is 0 Å². The predicted octanol–water partition coefficient (Wildman–Crippen LogP) is 1.67. The molecule has 13 heavy (non-hydrogen) atoms. The van der Waals surface area contributed by atoms with Gasteiger partial charge in [0.05, 0.1) is 0 Å². The van der Waals surface area contributed by atoms with Crippen molar-refractivity contribution in [2.75, 3.05) is 5.75 Å². The van der Waals surface area contributed by atoms with Gasteiger partial charge in [-0.3, -0.25) is 0 Å². The van der Waals surface area contributed by atoms with E-state index in [4.69, 9.17) is 5.11 Å². The van der Waals surface area contributed by atoms with E-state index >= 15 is 0 Å². The molecule has 0 fully saturated rings. The van der Waals surface area contributed by atoms with Crippen LogP contribution in [0.15, 0.2) is 12.1 Å². The summed E-state index contributed by atoms with van der Waals surface area (Å²) in [6.45, 7) is 0. The number of phenolic OH excluding ortho intramolecular Hbond substituents is 3. The molecule has 0 radical (unpaired) electrons. The molecule has 0 amide bonds. The summed E-state index contributed by atoms with van der Waals surface area (Å²) >= 11 is 4.03. The molecule has 0 unspecified atom stereocenters. The van der Waals surface area contributed by atoms with Gasteiger partial charge in [-0.1, -0.05) is 0 Å². The third kappa shape index (κ3) is 2.45. The van der Waals surface area contributed by atoms with E-state index in [1.807, 2.05) is 0 Å². The van der Waals surface area contributed by atoms with Crippen LogP contribution in [0.5, 0.6) is 17.2 Å². The van der Waals surface area contributed by atoms with Crippen LogP contribution in [-0.2, 0) is 6.42 Å². The average molecular weight is 200 g/mol. The van der Waals surface area contributed by atoms with E-state index in [1.54, 1.807) is 0 Å². The van der Waals surface area contributed by atoms with E-state index in [9.17, 15) is 10.2 Å². The Kier molecular flexibility index (Phi) is 3.31. The van der Waals surface area contributed by atoms with E-state index in [0.29, 0.717) is 17.7 Å². The van der Waals surface area contributed by atoms with Crippen LogP contribution >= 0.6 is 12.6 Å². The first kappa shape index (κ1) is 10.1. The summed E-state index contributed by atoms with van der Waals surface area (Å²) in [6, 6.07) is 2.43. The molecule has 0 saturated carbocycles. The normalized spacial score (nSPS) is 10.2. The van der Waals surface area contributed by atoms with Gasteiger partial charge < -0.3 is 15.3 Å². The maximum atomic E-state index is 9.35. The highest BCUT2D eigenvalue weighted by molar-refractivity contribution is 7.80. The SMILES string of the molecule is Oc1cc(O)c(CCCS)c(O)c1. The lowest BCUT2D eigenvalue weighted by Crippen LogP contribution is -1.88. The van der Waals surface area contributed by atoms with Crippen molar-refractivity contribution in [3.63, 3.8) is 0 Å². The minimum absolute atomic E-state index is 0.0701. The van der Waals surface area contributed by atoms with Crippen LogP contribution in [0.25, 0.3) is 0 Å². The third-order valence-electron chi connectivity index (χ3n) is 1.77. The molecule has 0 atom stereocenters. The first-order valence-corrected chi connectivity index (χ1v) is 4.63. The summed E-state index contributed by atoms with van der Waals surface area (Å²) < 4.78 is 0. The first-order chi connectivity index (χ1) is 6.15. The molecule has 0 saturated heterocycles. The zero-order chi connectivity index (χ0) is 9.84. The molecule has 4 heteroatoms. The largest absolute Gasteiger partial charge is 0.508 e. The minimum Gasteiger partial charge on any atom is -0.508 e. The van der Waals surface area contributed by atoms with Crippen LogP contribution in [0, 0.1) is 0 Å². The summed E-state index contributed by atoms with van der Waals surface area (Å²) in [5.74, 6) is 0.419. The molecule has 72 valence electrons. The number of hydrogen-bond acceptors (Lipinski definition) is 4. The highest BCUT2D eigenvalue weighted by Crippen LogP contribution is 2.32. The molecule has 0 bridgehead atoms. The van der Waals surface area contributed by atoms with E-state index in [2.05, 4.69) is 12.6 Å². The van der Waals surface area contributed by atoms with Gasteiger partial charge in [-0.25, -0.2) is 0 Å². The monoisotopic (exact) mass is 200 g/mol. The van der Waals surface area contributed by atoms with Crippen molar-refractivity contribution < 1.29 is 15.3 Å². The Hall–Kier alpha value is -1.03. The lowest BCUT2D eigenvalue weighted by Gasteiger charge is -2.06. The van der Waals surface area contributed by atoms with Crippen LogP contribution in [0.2, 0.25) is 0 Å². The second-order valence-electron chi connectivity index (χ2n) is 2.79. The van der Waals surface area contributed by atoms with Crippen molar-refractivity contribution in [2.45, 2.75) is 12.8 Å². The second kappa shape index (κ2) is 4.28. The zero-order valence-corrected chi connectivity index (χ0v) is 7.96. The Morgan fingerprint density at radius 3 is 2.08 bits per heavy atom. The van der Waals surface area contributed by atoms with Crippen LogP contribution in [0.3, 0.4) is 0 Å². The van der Waals surface area contributed by atoms with Crippen molar-refractivity contribution in [2.24, 2.45) is 0 Å². The maximum Gasteiger partial charge on any atom is 0.126 e. The zero-order valence-electron chi connectivity index (χ0n) is 7.06. The Balaban J connectivity index is 2.92. The molecular formula is C9H12O3S. The molecule has 0 aliphatic rings. The summed E-state index contributed by atoms with van der Waals surface area (Å²) in [7, 11) is 0. The van der Waals surface area contributed by atoms with Crippen molar-refractivity contribution >= 4 is 12.6 Å². The molecule has 0 spiro atoms. The van der Waals surface area contributed by atoms with Crippen molar-refractivity contribution in [1.82, 2.24) is 0 Å². The number of aromatic hydroxyl groups is 3. The molecule has 0 aliphatic carbocycles. The van der Waals surface area contributed by atoms with Crippen molar-refractivity contribution in [1.29, 1.82) is 0 Å². The van der Waals surface area contributed by atoms with Crippen LogP contribution in [0.4, 0.5) is 0 Å². The van der Waals surface area contributed by atoms with E-state index < -0.39 is 0 Å². The standard InChI is InChI=1S/C9H12O3S/c10-6-4-8(11)7(2-1-3-13)9(12)5-6/h4-5,10-13H,1-3H2. The lowest BCUT2D eigenvalue weighted by atomic mass is 10.1. The second-order valence-corrected chi connectivity index (χ2v) is 3.24. The highest BCUT2D eigenvalue weighted by Gasteiger charge is 2.08. The van der Waals surface area contributed by atoms with Gasteiger partial charge in [-0.2, -0.15) is 12.6 Å². The van der Waals surface area contributed by atoms with E-state index in [-0.39, 0.29) is 17.2 Å². The Morgan fingerprint density at radius 1 is 1.08 bits per heavy atom. The number of phenols is 3. The molecule has 1 aromatic carbocycles. The van der Waals surface area contributed by atoms with Crippen molar-refractivity contribution in [3.8, 4) is 17.2 Å². The summed E-state index contributed by atoms with van der Waals surface area (Å²) in [5, 5.41) is 27.7. The Morgan fingerprint density at radius 2 is 1.62 bits per heavy atom. The topological polar surface area (TPSA) is 60.7 Å². The van der Waals surface area contributed by atoms with Crippen LogP contribution in [-0.4, -0.2) is 21.1 Å². The maximum absolute atomic E-state index is 9.35. The summed E-state index contributed by atoms with van der Waals surface area (Å²) in [5.41, 5.74) is 0.465. The molecule has 3 nitrogen and oxygen atoms in total. The smallest absolute Gasteiger partial charge is 0.126 e. The summed E-state index contributed by atoms with van der Waals surface area (Å²) in [4.78, 5) is 0.